The Morgan fingerprint density at radius 2 is 1.83 bits per heavy atom. The minimum atomic E-state index is -0.649. The maximum atomic E-state index is 13.0. The average Bonchev–Trinajstić information content (AvgIpc) is 3.08. The van der Waals surface area contributed by atoms with E-state index in [9.17, 15) is 14.7 Å². The molecule has 1 amide bonds. The lowest BCUT2D eigenvalue weighted by atomic mass is 9.94. The third kappa shape index (κ3) is 3.82. The predicted molar refractivity (Wildman–Crippen MR) is 111 cm³/mol. The molecule has 2 heterocycles. The molecule has 0 radical (unpaired) electrons. The molecular formula is C22H28N4O3. The number of aromatic nitrogens is 2. The average molecular weight is 396 g/mol. The number of hydrogen-bond donors (Lipinski definition) is 1. The number of ketones is 1. The first-order chi connectivity index (χ1) is 13.7. The van der Waals surface area contributed by atoms with Gasteiger partial charge in [0, 0.05) is 19.3 Å². The van der Waals surface area contributed by atoms with E-state index >= 15 is 0 Å². The Balaban J connectivity index is 2.13. The molecule has 1 aliphatic rings. The molecule has 3 rings (SSSR count). The SMILES string of the molecule is Cc1nn(C)c(C)c1C(O)=C1C(=O)C(=O)N(CCCN(C)C)[C@H]1c1ccccc1. The summed E-state index contributed by atoms with van der Waals surface area (Å²) in [7, 11) is 5.72. The monoisotopic (exact) mass is 396 g/mol. The highest BCUT2D eigenvalue weighted by Gasteiger charge is 2.46. The molecule has 1 aromatic carbocycles. The quantitative estimate of drug-likeness (QED) is 0.461. The Labute approximate surface area is 171 Å². The van der Waals surface area contributed by atoms with E-state index in [1.807, 2.05) is 56.3 Å². The zero-order valence-corrected chi connectivity index (χ0v) is 17.6. The van der Waals surface area contributed by atoms with Gasteiger partial charge in [-0.15, -0.1) is 0 Å². The summed E-state index contributed by atoms with van der Waals surface area (Å²) in [6.07, 6.45) is 0.730. The van der Waals surface area contributed by atoms with Gasteiger partial charge in [-0.25, -0.2) is 0 Å². The van der Waals surface area contributed by atoms with Crippen molar-refractivity contribution >= 4 is 17.4 Å². The van der Waals surface area contributed by atoms with E-state index in [1.54, 1.807) is 23.6 Å². The predicted octanol–water partition coefficient (Wildman–Crippen LogP) is 2.41. The molecule has 0 spiro atoms. The standard InChI is InChI=1S/C22H28N4O3/c1-14-17(15(2)25(5)23-14)20(27)18-19(16-10-7-6-8-11-16)26(22(29)21(18)28)13-9-12-24(3)4/h6-8,10-11,19,27H,9,12-13H2,1-5H3/t19-/m0/s1. The first kappa shape index (κ1) is 20.8. The zero-order valence-electron chi connectivity index (χ0n) is 17.6. The van der Waals surface area contributed by atoms with Crippen molar-refractivity contribution in [3.05, 3.63) is 58.4 Å². The van der Waals surface area contributed by atoms with Crippen molar-refractivity contribution in [1.29, 1.82) is 0 Å². The van der Waals surface area contributed by atoms with Crippen LogP contribution < -0.4 is 0 Å². The van der Waals surface area contributed by atoms with Crippen molar-refractivity contribution in [1.82, 2.24) is 19.6 Å². The number of aliphatic hydroxyl groups is 1. The molecule has 29 heavy (non-hydrogen) atoms. The van der Waals surface area contributed by atoms with Crippen LogP contribution in [0, 0.1) is 13.8 Å². The van der Waals surface area contributed by atoms with Crippen LogP contribution in [0.25, 0.3) is 5.76 Å². The van der Waals surface area contributed by atoms with Crippen LogP contribution in [0.4, 0.5) is 0 Å². The van der Waals surface area contributed by atoms with Crippen LogP contribution in [0.15, 0.2) is 35.9 Å². The van der Waals surface area contributed by atoms with Crippen molar-refractivity contribution in [2.75, 3.05) is 27.2 Å². The van der Waals surface area contributed by atoms with Crippen LogP contribution in [-0.2, 0) is 16.6 Å². The largest absolute Gasteiger partial charge is 0.507 e. The molecule has 7 nitrogen and oxygen atoms in total. The molecule has 1 atom stereocenters. The number of likely N-dealkylation sites (tertiary alicyclic amines) is 1. The van der Waals surface area contributed by atoms with Gasteiger partial charge in [-0.3, -0.25) is 14.3 Å². The number of carbonyl (C=O) groups is 2. The summed E-state index contributed by atoms with van der Waals surface area (Å²) in [5.41, 5.74) is 2.81. The number of nitrogens with zero attached hydrogens (tertiary/aromatic N) is 4. The van der Waals surface area contributed by atoms with Gasteiger partial charge in [-0.05, 0) is 46.5 Å². The van der Waals surface area contributed by atoms with E-state index in [1.165, 1.54) is 0 Å². The molecule has 7 heteroatoms. The third-order valence-electron chi connectivity index (χ3n) is 5.41. The number of hydrogen-bond acceptors (Lipinski definition) is 5. The molecule has 154 valence electrons. The van der Waals surface area contributed by atoms with Gasteiger partial charge in [0.2, 0.25) is 0 Å². The topological polar surface area (TPSA) is 78.7 Å². The summed E-state index contributed by atoms with van der Waals surface area (Å²) in [6, 6.07) is 8.78. The van der Waals surface area contributed by atoms with Gasteiger partial charge in [0.25, 0.3) is 11.7 Å². The molecule has 0 bridgehead atoms. The molecule has 1 aromatic heterocycles. The first-order valence-corrected chi connectivity index (χ1v) is 9.72. The van der Waals surface area contributed by atoms with E-state index in [0.29, 0.717) is 17.8 Å². The molecule has 2 aromatic rings. The van der Waals surface area contributed by atoms with Gasteiger partial charge in [0.05, 0.1) is 22.9 Å². The summed E-state index contributed by atoms with van der Waals surface area (Å²) in [5, 5.41) is 15.5. The maximum Gasteiger partial charge on any atom is 0.295 e. The molecular weight excluding hydrogens is 368 g/mol. The summed E-state index contributed by atoms with van der Waals surface area (Å²) < 4.78 is 1.66. The highest BCUT2D eigenvalue weighted by molar-refractivity contribution is 6.46. The second-order valence-corrected chi connectivity index (χ2v) is 7.73. The van der Waals surface area contributed by atoms with E-state index in [0.717, 1.165) is 24.2 Å². The minimum Gasteiger partial charge on any atom is -0.507 e. The van der Waals surface area contributed by atoms with Gasteiger partial charge >= 0.3 is 0 Å². The third-order valence-corrected chi connectivity index (χ3v) is 5.41. The van der Waals surface area contributed by atoms with Gasteiger partial charge in [-0.2, -0.15) is 5.10 Å². The molecule has 1 N–H and O–H groups in total. The number of rotatable bonds is 6. The molecule has 1 aliphatic heterocycles. The van der Waals surface area contributed by atoms with E-state index in [-0.39, 0.29) is 11.3 Å². The normalized spacial score (nSPS) is 18.8. The minimum absolute atomic E-state index is 0.130. The second-order valence-electron chi connectivity index (χ2n) is 7.73. The Hall–Kier alpha value is -2.93. The Morgan fingerprint density at radius 1 is 1.17 bits per heavy atom. The summed E-state index contributed by atoms with van der Waals surface area (Å²) >= 11 is 0. The van der Waals surface area contributed by atoms with Crippen LogP contribution in [0.1, 0.15) is 35.0 Å². The Kier molecular flexibility index (Phi) is 5.88. The number of aliphatic hydroxyl groups excluding tert-OH is 1. The lowest BCUT2D eigenvalue weighted by Crippen LogP contribution is -2.32. The lowest BCUT2D eigenvalue weighted by molar-refractivity contribution is -0.139. The fraction of sp³-hybridized carbons (Fsp3) is 0.409. The first-order valence-electron chi connectivity index (χ1n) is 9.72. The number of aryl methyl sites for hydroxylation is 2. The summed E-state index contributed by atoms with van der Waals surface area (Å²) in [6.45, 7) is 4.85. The van der Waals surface area contributed by atoms with Crippen LogP contribution in [0.2, 0.25) is 0 Å². The van der Waals surface area contributed by atoms with Crippen molar-refractivity contribution in [3.63, 3.8) is 0 Å². The van der Waals surface area contributed by atoms with Crippen molar-refractivity contribution in [2.45, 2.75) is 26.3 Å². The van der Waals surface area contributed by atoms with Crippen LogP contribution in [0.5, 0.6) is 0 Å². The van der Waals surface area contributed by atoms with Gasteiger partial charge in [0.1, 0.15) is 5.76 Å². The highest BCUT2D eigenvalue weighted by Crippen LogP contribution is 2.40. The highest BCUT2D eigenvalue weighted by atomic mass is 16.3. The van der Waals surface area contributed by atoms with Gasteiger partial charge < -0.3 is 14.9 Å². The van der Waals surface area contributed by atoms with Gasteiger partial charge in [0.15, 0.2) is 0 Å². The number of benzene rings is 1. The van der Waals surface area contributed by atoms with E-state index < -0.39 is 17.7 Å². The van der Waals surface area contributed by atoms with Crippen molar-refractivity contribution in [2.24, 2.45) is 7.05 Å². The Bertz CT molecular complexity index is 960. The molecule has 1 fully saturated rings. The van der Waals surface area contributed by atoms with Crippen LogP contribution in [0.3, 0.4) is 0 Å². The van der Waals surface area contributed by atoms with Crippen LogP contribution in [-0.4, -0.2) is 63.6 Å². The smallest absolute Gasteiger partial charge is 0.295 e. The fourth-order valence-corrected chi connectivity index (χ4v) is 3.90. The van der Waals surface area contributed by atoms with E-state index in [4.69, 9.17) is 0 Å². The summed E-state index contributed by atoms with van der Waals surface area (Å²) in [5.74, 6) is -1.38. The van der Waals surface area contributed by atoms with E-state index in [2.05, 4.69) is 5.10 Å². The van der Waals surface area contributed by atoms with Gasteiger partial charge in [-0.1, -0.05) is 30.3 Å². The fourth-order valence-electron chi connectivity index (χ4n) is 3.90. The number of Topliss-reactive ketones (excluding diaryl/α,β-unsaturated/α-hetero) is 1. The summed E-state index contributed by atoms with van der Waals surface area (Å²) in [4.78, 5) is 29.5. The zero-order chi connectivity index (χ0) is 21.3. The number of amides is 1. The molecule has 0 saturated carbocycles. The van der Waals surface area contributed by atoms with Crippen molar-refractivity contribution < 1.29 is 14.7 Å². The Morgan fingerprint density at radius 3 is 2.38 bits per heavy atom. The molecule has 1 saturated heterocycles. The molecule has 0 unspecified atom stereocenters. The second kappa shape index (κ2) is 8.21. The molecule has 0 aliphatic carbocycles. The van der Waals surface area contributed by atoms with Crippen LogP contribution >= 0.6 is 0 Å². The number of carbonyl (C=O) groups excluding carboxylic acids is 2. The lowest BCUT2D eigenvalue weighted by Gasteiger charge is -2.26. The van der Waals surface area contributed by atoms with Crippen molar-refractivity contribution in [3.8, 4) is 0 Å². The maximum absolute atomic E-state index is 13.0.